The number of ether oxygens (including phenoxy) is 1. The van der Waals surface area contributed by atoms with Crippen LogP contribution in [0.15, 0.2) is 30.6 Å². The summed E-state index contributed by atoms with van der Waals surface area (Å²) in [6.45, 7) is 4.05. The van der Waals surface area contributed by atoms with E-state index in [1.54, 1.807) is 9.58 Å². The second-order valence-electron chi connectivity index (χ2n) is 5.76. The van der Waals surface area contributed by atoms with Gasteiger partial charge in [-0.15, -0.1) is 5.10 Å². The summed E-state index contributed by atoms with van der Waals surface area (Å²) in [7, 11) is 0. The quantitative estimate of drug-likeness (QED) is 0.907. The first kappa shape index (κ1) is 16.4. The van der Waals surface area contributed by atoms with Gasteiger partial charge in [0.2, 0.25) is 0 Å². The number of urea groups is 1. The van der Waals surface area contributed by atoms with Crippen LogP contribution >= 0.6 is 0 Å². The van der Waals surface area contributed by atoms with Gasteiger partial charge >= 0.3 is 6.03 Å². The molecule has 1 aromatic heterocycles. The van der Waals surface area contributed by atoms with Gasteiger partial charge in [-0.2, -0.15) is 0 Å². The Morgan fingerprint density at radius 2 is 2.21 bits per heavy atom. The molecule has 2 heterocycles. The number of anilines is 1. The van der Waals surface area contributed by atoms with Gasteiger partial charge in [0.25, 0.3) is 0 Å². The third-order valence-electron chi connectivity index (χ3n) is 4.10. The topological polar surface area (TPSA) is 85.2 Å². The zero-order chi connectivity index (χ0) is 16.8. The van der Waals surface area contributed by atoms with E-state index in [1.165, 1.54) is 12.7 Å². The maximum Gasteiger partial charge on any atom is 0.321 e. The molecule has 24 heavy (non-hydrogen) atoms. The lowest BCUT2D eigenvalue weighted by Gasteiger charge is -2.29. The van der Waals surface area contributed by atoms with Crippen LogP contribution < -0.4 is 5.32 Å². The standard InChI is InChI=1S/C16H22N6O2/c1-2-21(11-15-5-3-4-10-24-15)16(23)18-13-6-8-14(9-7-13)22-12-17-19-20-22/h6-9,12,15H,2-5,10-11H2,1H3,(H,18,23)/t15-/m0/s1. The van der Waals surface area contributed by atoms with Crippen LogP contribution in [0.1, 0.15) is 26.2 Å². The van der Waals surface area contributed by atoms with E-state index in [9.17, 15) is 4.79 Å². The van der Waals surface area contributed by atoms with E-state index >= 15 is 0 Å². The van der Waals surface area contributed by atoms with Gasteiger partial charge in [0, 0.05) is 25.4 Å². The van der Waals surface area contributed by atoms with Gasteiger partial charge in [0.15, 0.2) is 0 Å². The fraction of sp³-hybridized carbons (Fsp3) is 0.500. The highest BCUT2D eigenvalue weighted by molar-refractivity contribution is 5.89. The average Bonchev–Trinajstić information content (AvgIpc) is 3.16. The number of rotatable bonds is 5. The van der Waals surface area contributed by atoms with Gasteiger partial charge in [0.05, 0.1) is 11.8 Å². The number of carbonyl (C=O) groups is 1. The molecule has 2 aromatic rings. The first-order valence-corrected chi connectivity index (χ1v) is 8.27. The lowest BCUT2D eigenvalue weighted by atomic mass is 10.1. The maximum atomic E-state index is 12.5. The number of tetrazole rings is 1. The van der Waals surface area contributed by atoms with Crippen molar-refractivity contribution in [2.75, 3.05) is 25.0 Å². The van der Waals surface area contributed by atoms with Crippen LogP contribution in [0.25, 0.3) is 5.69 Å². The van der Waals surface area contributed by atoms with Crippen LogP contribution in [-0.4, -0.2) is 56.9 Å². The number of likely N-dealkylation sites (N-methyl/N-ethyl adjacent to an activating group) is 1. The predicted molar refractivity (Wildman–Crippen MR) is 89.0 cm³/mol. The SMILES string of the molecule is CCN(C[C@@H]1CCCCO1)C(=O)Nc1ccc(-n2cnnn2)cc1. The Hall–Kier alpha value is -2.48. The van der Waals surface area contributed by atoms with Crippen molar-refractivity contribution in [3.05, 3.63) is 30.6 Å². The first-order valence-electron chi connectivity index (χ1n) is 8.27. The van der Waals surface area contributed by atoms with Crippen molar-refractivity contribution in [1.82, 2.24) is 25.1 Å². The molecule has 0 unspecified atom stereocenters. The molecular weight excluding hydrogens is 308 g/mol. The van der Waals surface area contributed by atoms with Crippen molar-refractivity contribution in [1.29, 1.82) is 0 Å². The van der Waals surface area contributed by atoms with Gasteiger partial charge in [-0.3, -0.25) is 0 Å². The number of hydrogen-bond acceptors (Lipinski definition) is 5. The molecule has 3 rings (SSSR count). The molecule has 0 aliphatic carbocycles. The van der Waals surface area contributed by atoms with Gasteiger partial charge in [-0.1, -0.05) is 0 Å². The van der Waals surface area contributed by atoms with Crippen LogP contribution in [0.3, 0.4) is 0 Å². The Morgan fingerprint density at radius 3 is 2.83 bits per heavy atom. The van der Waals surface area contributed by atoms with E-state index in [2.05, 4.69) is 20.8 Å². The van der Waals surface area contributed by atoms with Crippen molar-refractivity contribution in [2.24, 2.45) is 0 Å². The summed E-state index contributed by atoms with van der Waals surface area (Å²) < 4.78 is 7.28. The highest BCUT2D eigenvalue weighted by Gasteiger charge is 2.20. The van der Waals surface area contributed by atoms with E-state index in [0.717, 1.165) is 30.8 Å². The Kier molecular flexibility index (Phi) is 5.37. The zero-order valence-electron chi connectivity index (χ0n) is 13.8. The Morgan fingerprint density at radius 1 is 1.38 bits per heavy atom. The minimum absolute atomic E-state index is 0.109. The van der Waals surface area contributed by atoms with Gasteiger partial charge in [-0.05, 0) is 60.9 Å². The number of carbonyl (C=O) groups excluding carboxylic acids is 1. The second-order valence-corrected chi connectivity index (χ2v) is 5.76. The van der Waals surface area contributed by atoms with Crippen molar-refractivity contribution < 1.29 is 9.53 Å². The number of hydrogen-bond donors (Lipinski definition) is 1. The van der Waals surface area contributed by atoms with Crippen LogP contribution in [-0.2, 0) is 4.74 Å². The summed E-state index contributed by atoms with van der Waals surface area (Å²) in [5.41, 5.74) is 1.57. The highest BCUT2D eigenvalue weighted by Crippen LogP contribution is 2.16. The number of benzene rings is 1. The molecule has 1 atom stereocenters. The van der Waals surface area contributed by atoms with E-state index in [1.807, 2.05) is 31.2 Å². The van der Waals surface area contributed by atoms with Crippen LogP contribution in [0, 0.1) is 0 Å². The smallest absolute Gasteiger partial charge is 0.321 e. The molecule has 1 aliphatic rings. The fourth-order valence-electron chi connectivity index (χ4n) is 2.73. The fourth-order valence-corrected chi connectivity index (χ4v) is 2.73. The van der Waals surface area contributed by atoms with Crippen LogP contribution in [0.2, 0.25) is 0 Å². The Labute approximate surface area is 140 Å². The maximum absolute atomic E-state index is 12.5. The average molecular weight is 330 g/mol. The molecule has 2 amide bonds. The molecule has 0 bridgehead atoms. The lowest BCUT2D eigenvalue weighted by molar-refractivity contribution is 0.00221. The van der Waals surface area contributed by atoms with Crippen molar-refractivity contribution in [2.45, 2.75) is 32.3 Å². The zero-order valence-corrected chi connectivity index (χ0v) is 13.8. The van der Waals surface area contributed by atoms with E-state index < -0.39 is 0 Å². The third kappa shape index (κ3) is 4.08. The van der Waals surface area contributed by atoms with Crippen molar-refractivity contribution in [3.63, 3.8) is 0 Å². The number of amides is 2. The van der Waals surface area contributed by atoms with E-state index in [4.69, 9.17) is 4.74 Å². The summed E-state index contributed by atoms with van der Waals surface area (Å²) in [4.78, 5) is 14.2. The van der Waals surface area contributed by atoms with Crippen LogP contribution in [0.5, 0.6) is 0 Å². The van der Waals surface area contributed by atoms with Gasteiger partial charge in [0.1, 0.15) is 6.33 Å². The monoisotopic (exact) mass is 330 g/mol. The summed E-state index contributed by atoms with van der Waals surface area (Å²) in [5.74, 6) is 0. The van der Waals surface area contributed by atoms with Crippen molar-refractivity contribution >= 4 is 11.7 Å². The molecule has 0 spiro atoms. The van der Waals surface area contributed by atoms with Crippen molar-refractivity contribution in [3.8, 4) is 5.69 Å². The molecule has 1 aromatic carbocycles. The number of nitrogens with one attached hydrogen (secondary N) is 1. The molecule has 1 N–H and O–H groups in total. The molecular formula is C16H22N6O2. The lowest BCUT2D eigenvalue weighted by Crippen LogP contribution is -2.41. The van der Waals surface area contributed by atoms with E-state index in [-0.39, 0.29) is 12.1 Å². The summed E-state index contributed by atoms with van der Waals surface area (Å²) in [6.07, 6.45) is 4.97. The summed E-state index contributed by atoms with van der Waals surface area (Å²) in [6, 6.07) is 7.26. The third-order valence-corrected chi connectivity index (χ3v) is 4.10. The Balaban J connectivity index is 1.58. The largest absolute Gasteiger partial charge is 0.376 e. The normalized spacial score (nSPS) is 17.5. The molecule has 1 aliphatic heterocycles. The first-order chi connectivity index (χ1) is 11.8. The minimum Gasteiger partial charge on any atom is -0.376 e. The number of nitrogens with zero attached hydrogens (tertiary/aromatic N) is 5. The highest BCUT2D eigenvalue weighted by atomic mass is 16.5. The van der Waals surface area contributed by atoms with Crippen LogP contribution in [0.4, 0.5) is 10.5 Å². The molecule has 8 heteroatoms. The molecule has 0 saturated carbocycles. The minimum atomic E-state index is -0.109. The summed E-state index contributed by atoms with van der Waals surface area (Å²) in [5, 5.41) is 14.0. The summed E-state index contributed by atoms with van der Waals surface area (Å²) >= 11 is 0. The predicted octanol–water partition coefficient (Wildman–Crippen LogP) is 2.09. The molecule has 1 fully saturated rings. The molecule has 1 saturated heterocycles. The number of aromatic nitrogens is 4. The van der Waals surface area contributed by atoms with Gasteiger partial charge < -0.3 is 15.0 Å². The van der Waals surface area contributed by atoms with E-state index in [0.29, 0.717) is 13.1 Å². The second kappa shape index (κ2) is 7.87. The Bertz CT molecular complexity index is 637. The molecule has 0 radical (unpaired) electrons. The molecule has 128 valence electrons. The van der Waals surface area contributed by atoms with Gasteiger partial charge in [-0.25, -0.2) is 9.48 Å². The molecule has 8 nitrogen and oxygen atoms in total.